The van der Waals surface area contributed by atoms with Gasteiger partial charge in [-0.25, -0.2) is 0 Å². The van der Waals surface area contributed by atoms with Crippen LogP contribution < -0.4 is 0 Å². The van der Waals surface area contributed by atoms with Crippen LogP contribution in [0.1, 0.15) is 31.4 Å². The molecule has 0 saturated heterocycles. The van der Waals surface area contributed by atoms with Crippen molar-refractivity contribution >= 4 is 6.29 Å². The zero-order valence-electron chi connectivity index (χ0n) is 14.4. The smallest absolute Gasteiger partial charge is 0.148 e. The van der Waals surface area contributed by atoms with Crippen LogP contribution in [0.15, 0.2) is 60.7 Å². The van der Waals surface area contributed by atoms with Crippen molar-refractivity contribution in [2.24, 2.45) is 5.92 Å². The van der Waals surface area contributed by atoms with Crippen LogP contribution in [0.25, 0.3) is 0 Å². The lowest BCUT2D eigenvalue weighted by atomic mass is 10.0. The van der Waals surface area contributed by atoms with E-state index >= 15 is 0 Å². The first-order valence-electron chi connectivity index (χ1n) is 8.45. The van der Waals surface area contributed by atoms with Crippen LogP contribution in [-0.4, -0.2) is 18.5 Å². The summed E-state index contributed by atoms with van der Waals surface area (Å²) in [6, 6.07) is 20.0. The molecule has 128 valence electrons. The predicted octanol–water partition coefficient (Wildman–Crippen LogP) is 4.40. The van der Waals surface area contributed by atoms with E-state index in [1.54, 1.807) is 0 Å². The lowest BCUT2D eigenvalue weighted by molar-refractivity contribution is -0.123. The Morgan fingerprint density at radius 2 is 1.33 bits per heavy atom. The highest BCUT2D eigenvalue weighted by atomic mass is 16.5. The second-order valence-corrected chi connectivity index (χ2v) is 6.29. The zero-order valence-corrected chi connectivity index (χ0v) is 14.4. The molecule has 3 heteroatoms. The van der Waals surface area contributed by atoms with E-state index in [4.69, 9.17) is 9.47 Å². The fourth-order valence-electron chi connectivity index (χ4n) is 2.48. The molecule has 0 amide bonds. The summed E-state index contributed by atoms with van der Waals surface area (Å²) in [5, 5.41) is 0. The third-order valence-corrected chi connectivity index (χ3v) is 3.97. The first kappa shape index (κ1) is 18.4. The number of carbonyl (C=O) groups excluding carboxylic acids is 1. The second-order valence-electron chi connectivity index (χ2n) is 6.29. The third-order valence-electron chi connectivity index (χ3n) is 3.97. The van der Waals surface area contributed by atoms with Gasteiger partial charge in [-0.2, -0.15) is 0 Å². The van der Waals surface area contributed by atoms with Gasteiger partial charge in [0.25, 0.3) is 0 Å². The van der Waals surface area contributed by atoms with E-state index in [-0.39, 0.29) is 6.10 Å². The molecule has 3 nitrogen and oxygen atoms in total. The summed E-state index contributed by atoms with van der Waals surface area (Å²) in [4.78, 5) is 11.4. The van der Waals surface area contributed by atoms with E-state index in [1.807, 2.05) is 60.7 Å². The Bertz CT molecular complexity index is 581. The molecule has 0 bridgehead atoms. The molecule has 2 rings (SSSR count). The second kappa shape index (κ2) is 10.0. The van der Waals surface area contributed by atoms with Crippen molar-refractivity contribution in [3.05, 3.63) is 71.8 Å². The highest BCUT2D eigenvalue weighted by molar-refractivity contribution is 5.56. The number of hydrogen-bond donors (Lipinski definition) is 0. The SMILES string of the molecule is CC(C)[C@@H](C[C@@H](C=O)OCc1ccccc1)OCc1ccccc1. The van der Waals surface area contributed by atoms with Crippen LogP contribution in [0.4, 0.5) is 0 Å². The van der Waals surface area contributed by atoms with E-state index in [1.165, 1.54) is 0 Å². The van der Waals surface area contributed by atoms with Crippen LogP contribution >= 0.6 is 0 Å². The van der Waals surface area contributed by atoms with Crippen molar-refractivity contribution < 1.29 is 14.3 Å². The van der Waals surface area contributed by atoms with Crippen LogP contribution in [0.3, 0.4) is 0 Å². The van der Waals surface area contributed by atoms with Crippen LogP contribution in [0, 0.1) is 5.92 Å². The fourth-order valence-corrected chi connectivity index (χ4v) is 2.48. The Labute approximate surface area is 144 Å². The molecule has 0 saturated carbocycles. The van der Waals surface area contributed by atoms with E-state index in [0.717, 1.165) is 17.4 Å². The average molecular weight is 326 g/mol. The minimum absolute atomic E-state index is 0.0174. The average Bonchev–Trinajstić information content (AvgIpc) is 2.62. The monoisotopic (exact) mass is 326 g/mol. The molecule has 0 unspecified atom stereocenters. The Hall–Kier alpha value is -1.97. The maximum absolute atomic E-state index is 11.4. The van der Waals surface area contributed by atoms with Crippen LogP contribution in [-0.2, 0) is 27.5 Å². The predicted molar refractivity (Wildman–Crippen MR) is 95.6 cm³/mol. The van der Waals surface area contributed by atoms with Gasteiger partial charge in [-0.15, -0.1) is 0 Å². The quantitative estimate of drug-likeness (QED) is 0.607. The summed E-state index contributed by atoms with van der Waals surface area (Å²) in [5.74, 6) is 0.316. The number of rotatable bonds is 10. The van der Waals surface area contributed by atoms with E-state index < -0.39 is 6.10 Å². The lowest BCUT2D eigenvalue weighted by Crippen LogP contribution is -2.28. The first-order chi connectivity index (χ1) is 11.7. The molecule has 0 spiro atoms. The molecule has 0 radical (unpaired) electrons. The minimum atomic E-state index is -0.451. The molecule has 24 heavy (non-hydrogen) atoms. The van der Waals surface area contributed by atoms with Gasteiger partial charge in [-0.3, -0.25) is 0 Å². The maximum Gasteiger partial charge on any atom is 0.148 e. The number of hydrogen-bond acceptors (Lipinski definition) is 3. The third kappa shape index (κ3) is 6.26. The van der Waals surface area contributed by atoms with Crippen molar-refractivity contribution in [1.82, 2.24) is 0 Å². The van der Waals surface area contributed by atoms with E-state index in [9.17, 15) is 4.79 Å². The highest BCUT2D eigenvalue weighted by Crippen LogP contribution is 2.17. The number of ether oxygens (including phenoxy) is 2. The Morgan fingerprint density at radius 1 is 0.833 bits per heavy atom. The molecule has 0 aromatic heterocycles. The molecule has 0 aliphatic heterocycles. The molecule has 2 atom stereocenters. The molecule has 0 N–H and O–H groups in total. The van der Waals surface area contributed by atoms with Gasteiger partial charge in [0.1, 0.15) is 12.4 Å². The maximum atomic E-state index is 11.4. The van der Waals surface area contributed by atoms with Crippen molar-refractivity contribution in [3.8, 4) is 0 Å². The Morgan fingerprint density at radius 3 is 1.79 bits per heavy atom. The molecule has 0 heterocycles. The van der Waals surface area contributed by atoms with Gasteiger partial charge >= 0.3 is 0 Å². The van der Waals surface area contributed by atoms with E-state index in [0.29, 0.717) is 25.6 Å². The number of benzene rings is 2. The highest BCUT2D eigenvalue weighted by Gasteiger charge is 2.20. The molecule has 0 fully saturated rings. The fraction of sp³-hybridized carbons (Fsp3) is 0.381. The first-order valence-corrected chi connectivity index (χ1v) is 8.45. The molecular formula is C21H26O3. The lowest BCUT2D eigenvalue weighted by Gasteiger charge is -2.24. The van der Waals surface area contributed by atoms with Crippen molar-refractivity contribution in [2.45, 2.75) is 45.7 Å². The van der Waals surface area contributed by atoms with Gasteiger partial charge < -0.3 is 14.3 Å². The molecular weight excluding hydrogens is 300 g/mol. The van der Waals surface area contributed by atoms with Crippen LogP contribution in [0.2, 0.25) is 0 Å². The minimum Gasteiger partial charge on any atom is -0.373 e. The summed E-state index contributed by atoms with van der Waals surface area (Å²) in [6.45, 7) is 5.20. The van der Waals surface area contributed by atoms with Crippen molar-refractivity contribution in [3.63, 3.8) is 0 Å². The summed E-state index contributed by atoms with van der Waals surface area (Å²) in [5.41, 5.74) is 2.20. The number of carbonyl (C=O) groups is 1. The van der Waals surface area contributed by atoms with Gasteiger partial charge in [0, 0.05) is 6.42 Å². The molecule has 2 aromatic carbocycles. The van der Waals surface area contributed by atoms with Gasteiger partial charge in [0.15, 0.2) is 0 Å². The van der Waals surface area contributed by atoms with Gasteiger partial charge in [0.2, 0.25) is 0 Å². The summed E-state index contributed by atoms with van der Waals surface area (Å²) in [6.07, 6.45) is 0.981. The normalized spacial score (nSPS) is 13.6. The topological polar surface area (TPSA) is 35.5 Å². The molecule has 0 aliphatic rings. The summed E-state index contributed by atoms with van der Waals surface area (Å²) < 4.78 is 11.8. The van der Waals surface area contributed by atoms with Crippen molar-refractivity contribution in [1.29, 1.82) is 0 Å². The standard InChI is InChI=1S/C21H26O3/c1-17(2)21(24-16-19-11-7-4-8-12-19)13-20(14-22)23-15-18-9-5-3-6-10-18/h3-12,14,17,20-21H,13,15-16H2,1-2H3/t20-,21+/m0/s1. The van der Waals surface area contributed by atoms with E-state index in [2.05, 4.69) is 13.8 Å². The largest absolute Gasteiger partial charge is 0.373 e. The van der Waals surface area contributed by atoms with Gasteiger partial charge in [-0.1, -0.05) is 74.5 Å². The van der Waals surface area contributed by atoms with Crippen molar-refractivity contribution in [2.75, 3.05) is 0 Å². The van der Waals surface area contributed by atoms with Gasteiger partial charge in [-0.05, 0) is 17.0 Å². The van der Waals surface area contributed by atoms with Gasteiger partial charge in [0.05, 0.1) is 19.3 Å². The molecule has 0 aliphatic carbocycles. The summed E-state index contributed by atoms with van der Waals surface area (Å²) >= 11 is 0. The number of aldehydes is 1. The van der Waals surface area contributed by atoms with Crippen LogP contribution in [0.5, 0.6) is 0 Å². The Balaban J connectivity index is 1.86. The zero-order chi connectivity index (χ0) is 17.2. The Kier molecular flexibility index (Phi) is 7.66. The summed E-state index contributed by atoms with van der Waals surface area (Å²) in [7, 11) is 0. The molecule has 2 aromatic rings.